The van der Waals surface area contributed by atoms with Gasteiger partial charge in [0.25, 0.3) is 0 Å². The Kier molecular flexibility index (Phi) is 3.02. The molecule has 6 heteroatoms. The molecule has 1 aliphatic rings. The summed E-state index contributed by atoms with van der Waals surface area (Å²) in [6, 6.07) is -0.573. The number of nitrogens with one attached hydrogen (secondary N) is 1. The topological polar surface area (TPSA) is 85.1 Å². The Morgan fingerprint density at radius 3 is 2.94 bits per heavy atom. The largest absolute Gasteiger partial charge is 0.320 e. The second kappa shape index (κ2) is 4.31. The van der Waals surface area contributed by atoms with Gasteiger partial charge < -0.3 is 11.1 Å². The third kappa shape index (κ3) is 2.12. The molecule has 1 amide bonds. The molecule has 2 rings (SSSR count). The minimum absolute atomic E-state index is 0.125. The highest BCUT2D eigenvalue weighted by Crippen LogP contribution is 2.29. The van der Waals surface area contributed by atoms with Crippen LogP contribution in [0.1, 0.15) is 35.1 Å². The van der Waals surface area contributed by atoms with Gasteiger partial charge in [0.05, 0.1) is 16.6 Å². The Morgan fingerprint density at radius 2 is 2.31 bits per heavy atom. The molecule has 1 aromatic rings. The average Bonchev–Trinajstić information content (AvgIpc) is 2.61. The molecule has 1 heterocycles. The SMILES string of the molecule is CC(N)C(=O)Nc1nc2c(s1)C(=O)CCC2. The fourth-order valence-electron chi connectivity index (χ4n) is 1.54. The third-order valence-corrected chi connectivity index (χ3v) is 3.47. The van der Waals surface area contributed by atoms with Crippen molar-refractivity contribution in [2.45, 2.75) is 32.2 Å². The summed E-state index contributed by atoms with van der Waals surface area (Å²) in [7, 11) is 0. The maximum Gasteiger partial charge on any atom is 0.242 e. The third-order valence-electron chi connectivity index (χ3n) is 2.41. The number of nitrogens with zero attached hydrogens (tertiary/aromatic N) is 1. The number of amides is 1. The van der Waals surface area contributed by atoms with Crippen LogP contribution in [-0.2, 0) is 11.2 Å². The van der Waals surface area contributed by atoms with Gasteiger partial charge in [-0.2, -0.15) is 0 Å². The lowest BCUT2D eigenvalue weighted by molar-refractivity contribution is -0.117. The number of Topliss-reactive ketones (excluding diaryl/α,β-unsaturated/α-hetero) is 1. The van der Waals surface area contributed by atoms with E-state index in [-0.39, 0.29) is 11.7 Å². The van der Waals surface area contributed by atoms with E-state index in [9.17, 15) is 9.59 Å². The number of fused-ring (bicyclic) bond motifs is 1. The summed E-state index contributed by atoms with van der Waals surface area (Å²) < 4.78 is 0. The molecule has 0 saturated carbocycles. The van der Waals surface area contributed by atoms with Gasteiger partial charge in [-0.3, -0.25) is 9.59 Å². The van der Waals surface area contributed by atoms with Crippen LogP contribution in [0.3, 0.4) is 0 Å². The van der Waals surface area contributed by atoms with E-state index < -0.39 is 6.04 Å². The summed E-state index contributed by atoms with van der Waals surface area (Å²) in [5.41, 5.74) is 6.24. The molecule has 0 bridgehead atoms. The maximum absolute atomic E-state index is 11.6. The number of thiazole rings is 1. The van der Waals surface area contributed by atoms with Gasteiger partial charge in [0.2, 0.25) is 5.91 Å². The summed E-state index contributed by atoms with van der Waals surface area (Å²) in [5.74, 6) is -0.154. The molecular weight excluding hydrogens is 226 g/mol. The molecule has 0 spiro atoms. The van der Waals surface area contributed by atoms with Crippen LogP contribution in [0.25, 0.3) is 0 Å². The molecule has 1 aliphatic carbocycles. The van der Waals surface area contributed by atoms with Crippen molar-refractivity contribution in [3.8, 4) is 0 Å². The number of carbonyl (C=O) groups excluding carboxylic acids is 2. The van der Waals surface area contributed by atoms with Crippen LogP contribution in [0.4, 0.5) is 5.13 Å². The molecule has 0 aliphatic heterocycles. The minimum atomic E-state index is -0.573. The van der Waals surface area contributed by atoms with Gasteiger partial charge >= 0.3 is 0 Å². The lowest BCUT2D eigenvalue weighted by atomic mass is 10.0. The molecule has 1 unspecified atom stereocenters. The number of hydrogen-bond acceptors (Lipinski definition) is 5. The van der Waals surface area contributed by atoms with Crippen LogP contribution in [0, 0.1) is 0 Å². The second-order valence-corrected chi connectivity index (χ2v) is 4.85. The maximum atomic E-state index is 11.6. The number of nitrogens with two attached hydrogens (primary N) is 1. The fraction of sp³-hybridized carbons (Fsp3) is 0.500. The van der Waals surface area contributed by atoms with Crippen molar-refractivity contribution < 1.29 is 9.59 Å². The van der Waals surface area contributed by atoms with E-state index in [2.05, 4.69) is 10.3 Å². The number of carbonyl (C=O) groups is 2. The number of rotatable bonds is 2. The van der Waals surface area contributed by atoms with Crippen molar-refractivity contribution in [2.24, 2.45) is 5.73 Å². The zero-order valence-corrected chi connectivity index (χ0v) is 9.76. The first-order valence-electron chi connectivity index (χ1n) is 5.17. The second-order valence-electron chi connectivity index (χ2n) is 3.85. The molecule has 0 saturated heterocycles. The standard InChI is InChI=1S/C10H13N3O2S/c1-5(11)9(15)13-10-12-6-3-2-4-7(14)8(6)16-10/h5H,2-4,11H2,1H3,(H,12,13,15). The molecule has 16 heavy (non-hydrogen) atoms. The number of aryl methyl sites for hydroxylation is 1. The number of anilines is 1. The van der Waals surface area contributed by atoms with E-state index in [4.69, 9.17) is 5.73 Å². The highest BCUT2D eigenvalue weighted by molar-refractivity contribution is 7.17. The monoisotopic (exact) mass is 239 g/mol. The smallest absolute Gasteiger partial charge is 0.242 e. The van der Waals surface area contributed by atoms with Crippen LogP contribution in [0.15, 0.2) is 0 Å². The Balaban J connectivity index is 2.18. The molecule has 1 aromatic heterocycles. The molecule has 0 radical (unpaired) electrons. The van der Waals surface area contributed by atoms with Crippen molar-refractivity contribution in [2.75, 3.05) is 5.32 Å². The van der Waals surface area contributed by atoms with E-state index in [0.717, 1.165) is 18.5 Å². The number of ketones is 1. The average molecular weight is 239 g/mol. The zero-order valence-electron chi connectivity index (χ0n) is 8.95. The predicted octanol–water partition coefficient (Wildman–Crippen LogP) is 0.948. The molecule has 1 atom stereocenters. The van der Waals surface area contributed by atoms with Crippen LogP contribution in [0.5, 0.6) is 0 Å². The first-order chi connectivity index (χ1) is 7.58. The minimum Gasteiger partial charge on any atom is -0.320 e. The van der Waals surface area contributed by atoms with Crippen molar-refractivity contribution in [1.29, 1.82) is 0 Å². The van der Waals surface area contributed by atoms with Crippen molar-refractivity contribution >= 4 is 28.2 Å². The van der Waals surface area contributed by atoms with Gasteiger partial charge in [-0.1, -0.05) is 11.3 Å². The molecule has 3 N–H and O–H groups in total. The van der Waals surface area contributed by atoms with Crippen molar-refractivity contribution in [3.05, 3.63) is 10.6 Å². The first-order valence-corrected chi connectivity index (χ1v) is 5.99. The van der Waals surface area contributed by atoms with Gasteiger partial charge in [-0.05, 0) is 19.8 Å². The predicted molar refractivity (Wildman–Crippen MR) is 61.7 cm³/mol. The molecule has 0 aromatic carbocycles. The lowest BCUT2D eigenvalue weighted by Gasteiger charge is -2.05. The van der Waals surface area contributed by atoms with Gasteiger partial charge in [0, 0.05) is 6.42 Å². The van der Waals surface area contributed by atoms with Crippen molar-refractivity contribution in [3.63, 3.8) is 0 Å². The summed E-state index contributed by atoms with van der Waals surface area (Å²) in [5, 5.41) is 3.08. The lowest BCUT2D eigenvalue weighted by Crippen LogP contribution is -2.32. The van der Waals surface area contributed by atoms with Gasteiger partial charge in [0.1, 0.15) is 0 Å². The Labute approximate surface area is 97.1 Å². The number of aromatic nitrogens is 1. The van der Waals surface area contributed by atoms with E-state index in [1.54, 1.807) is 6.92 Å². The quantitative estimate of drug-likeness (QED) is 0.804. The molecule has 5 nitrogen and oxygen atoms in total. The Morgan fingerprint density at radius 1 is 1.56 bits per heavy atom. The summed E-state index contributed by atoms with van der Waals surface area (Å²) >= 11 is 1.24. The van der Waals surface area contributed by atoms with E-state index >= 15 is 0 Å². The van der Waals surface area contributed by atoms with Crippen LogP contribution >= 0.6 is 11.3 Å². The molecule has 86 valence electrons. The summed E-state index contributed by atoms with van der Waals surface area (Å²) in [6.45, 7) is 1.61. The zero-order chi connectivity index (χ0) is 11.7. The van der Waals surface area contributed by atoms with Crippen LogP contribution in [0.2, 0.25) is 0 Å². The van der Waals surface area contributed by atoms with Crippen LogP contribution in [-0.4, -0.2) is 22.7 Å². The highest BCUT2D eigenvalue weighted by Gasteiger charge is 2.23. The Hall–Kier alpha value is -1.27. The van der Waals surface area contributed by atoms with Gasteiger partial charge in [-0.15, -0.1) is 0 Å². The van der Waals surface area contributed by atoms with Gasteiger partial charge in [-0.25, -0.2) is 4.98 Å². The normalized spacial score (nSPS) is 16.8. The van der Waals surface area contributed by atoms with E-state index in [1.807, 2.05) is 0 Å². The molecular formula is C10H13N3O2S. The summed E-state index contributed by atoms with van der Waals surface area (Å²) in [6.07, 6.45) is 2.23. The first kappa shape index (κ1) is 11.2. The van der Waals surface area contributed by atoms with Crippen LogP contribution < -0.4 is 11.1 Å². The fourth-order valence-corrected chi connectivity index (χ4v) is 2.52. The molecule has 0 fully saturated rings. The van der Waals surface area contributed by atoms with Gasteiger partial charge in [0.15, 0.2) is 10.9 Å². The van der Waals surface area contributed by atoms with E-state index in [1.165, 1.54) is 11.3 Å². The number of hydrogen-bond donors (Lipinski definition) is 2. The summed E-state index contributed by atoms with van der Waals surface area (Å²) in [4.78, 5) is 27.8. The Bertz CT molecular complexity index is 439. The highest BCUT2D eigenvalue weighted by atomic mass is 32.1. The van der Waals surface area contributed by atoms with E-state index in [0.29, 0.717) is 16.4 Å². The van der Waals surface area contributed by atoms with Crippen molar-refractivity contribution in [1.82, 2.24) is 4.98 Å².